The molecule has 0 radical (unpaired) electrons. The van der Waals surface area contributed by atoms with E-state index in [0.717, 1.165) is 5.06 Å². The monoisotopic (exact) mass is 255 g/mol. The molecule has 1 aliphatic heterocycles. The van der Waals surface area contributed by atoms with Crippen LogP contribution in [-0.2, 0) is 14.4 Å². The lowest BCUT2D eigenvalue weighted by molar-refractivity contribution is -0.252. The van der Waals surface area contributed by atoms with E-state index in [4.69, 9.17) is 4.74 Å². The minimum absolute atomic E-state index is 0.0525. The van der Waals surface area contributed by atoms with Gasteiger partial charge in [-0.2, -0.15) is 13.2 Å². The molecule has 17 heavy (non-hydrogen) atoms. The highest BCUT2D eigenvalue weighted by Gasteiger charge is 2.45. The Bertz CT molecular complexity index is 291. The van der Waals surface area contributed by atoms with E-state index in [9.17, 15) is 18.0 Å². The van der Waals surface area contributed by atoms with Crippen LogP contribution < -0.4 is 0 Å². The van der Waals surface area contributed by atoms with Crippen LogP contribution in [0.2, 0.25) is 0 Å². The largest absolute Gasteiger partial charge is 0.492 e. The minimum Gasteiger partial charge on any atom is -0.381 e. The lowest BCUT2D eigenvalue weighted by Crippen LogP contribution is -2.50. The molecule has 100 valence electrons. The fourth-order valence-electron chi connectivity index (χ4n) is 1.97. The molecule has 1 rings (SSSR count). The number of hydrogen-bond donors (Lipinski definition) is 0. The molecule has 4 nitrogen and oxygen atoms in total. The first kappa shape index (κ1) is 14.2. The summed E-state index contributed by atoms with van der Waals surface area (Å²) in [6.07, 6.45) is -4.49. The lowest BCUT2D eigenvalue weighted by atomic mass is 9.82. The number of halogens is 3. The second-order valence-corrected chi connectivity index (χ2v) is 4.74. The summed E-state index contributed by atoms with van der Waals surface area (Å²) in [4.78, 5) is 15.0. The maximum Gasteiger partial charge on any atom is 0.492 e. The molecule has 0 aliphatic carbocycles. The van der Waals surface area contributed by atoms with E-state index in [-0.39, 0.29) is 24.6 Å². The first-order valence-electron chi connectivity index (χ1n) is 5.23. The summed E-state index contributed by atoms with van der Waals surface area (Å²) in [6, 6.07) is 0. The molecule has 0 spiro atoms. The number of hydroxylamine groups is 2. The fraction of sp³-hybridized carbons (Fsp3) is 0.900. The van der Waals surface area contributed by atoms with Crippen LogP contribution in [-0.4, -0.2) is 43.5 Å². The first-order valence-corrected chi connectivity index (χ1v) is 5.23. The van der Waals surface area contributed by atoms with Gasteiger partial charge in [0.15, 0.2) is 0 Å². The van der Waals surface area contributed by atoms with Crippen LogP contribution in [0.3, 0.4) is 0 Å². The average molecular weight is 255 g/mol. The van der Waals surface area contributed by atoms with Gasteiger partial charge in [0.2, 0.25) is 0 Å². The van der Waals surface area contributed by atoms with Gasteiger partial charge in [0.05, 0.1) is 6.10 Å². The Morgan fingerprint density at radius 2 is 2.00 bits per heavy atom. The van der Waals surface area contributed by atoms with Crippen molar-refractivity contribution in [1.29, 1.82) is 0 Å². The van der Waals surface area contributed by atoms with Gasteiger partial charge in [-0.3, -0.25) is 0 Å². The summed E-state index contributed by atoms with van der Waals surface area (Å²) in [7, 11) is 1.56. The van der Waals surface area contributed by atoms with Crippen LogP contribution in [0.15, 0.2) is 0 Å². The quantitative estimate of drug-likeness (QED) is 0.753. The molecule has 1 fully saturated rings. The van der Waals surface area contributed by atoms with Gasteiger partial charge in [-0.1, -0.05) is 13.8 Å². The van der Waals surface area contributed by atoms with Crippen LogP contribution in [0.5, 0.6) is 0 Å². The van der Waals surface area contributed by atoms with Gasteiger partial charge in [0.25, 0.3) is 0 Å². The second kappa shape index (κ2) is 4.81. The zero-order valence-electron chi connectivity index (χ0n) is 10.0. The summed E-state index contributed by atoms with van der Waals surface area (Å²) in [5.41, 5.74) is -0.362. The third kappa shape index (κ3) is 3.57. The maximum absolute atomic E-state index is 12.0. The van der Waals surface area contributed by atoms with Crippen molar-refractivity contribution in [2.45, 2.75) is 32.5 Å². The SMILES string of the molecule is CO[C@H]1CCN(OC(=O)C(F)(F)F)CC1(C)C. The van der Waals surface area contributed by atoms with Crippen molar-refractivity contribution in [2.24, 2.45) is 5.41 Å². The van der Waals surface area contributed by atoms with Gasteiger partial charge < -0.3 is 9.57 Å². The lowest BCUT2D eigenvalue weighted by Gasteiger charge is -2.42. The Kier molecular flexibility index (Phi) is 4.03. The molecule has 0 amide bonds. The summed E-state index contributed by atoms with van der Waals surface area (Å²) in [6.45, 7) is 4.17. The number of alkyl halides is 3. The molecule has 0 aromatic heterocycles. The highest BCUT2D eigenvalue weighted by atomic mass is 19.4. The molecule has 1 atom stereocenters. The summed E-state index contributed by atoms with van der Waals surface area (Å²) >= 11 is 0. The van der Waals surface area contributed by atoms with Gasteiger partial charge in [-0.05, 0) is 6.42 Å². The smallest absolute Gasteiger partial charge is 0.381 e. The van der Waals surface area contributed by atoms with Crippen molar-refractivity contribution in [3.8, 4) is 0 Å². The van der Waals surface area contributed by atoms with Gasteiger partial charge >= 0.3 is 12.1 Å². The Labute approximate surface area is 97.6 Å². The van der Waals surface area contributed by atoms with Crippen molar-refractivity contribution in [3.63, 3.8) is 0 Å². The normalized spacial score (nSPS) is 25.6. The molecule has 0 aromatic rings. The number of carbonyl (C=O) groups is 1. The van der Waals surface area contributed by atoms with Crippen LogP contribution >= 0.6 is 0 Å². The molecular formula is C10H16F3NO3. The van der Waals surface area contributed by atoms with Gasteiger partial charge in [-0.15, -0.1) is 5.06 Å². The molecular weight excluding hydrogens is 239 g/mol. The first-order chi connectivity index (χ1) is 7.66. The highest BCUT2D eigenvalue weighted by Crippen LogP contribution is 2.31. The van der Waals surface area contributed by atoms with Crippen molar-refractivity contribution in [1.82, 2.24) is 5.06 Å². The van der Waals surface area contributed by atoms with E-state index in [0.29, 0.717) is 6.42 Å². The van der Waals surface area contributed by atoms with Crippen LogP contribution in [0, 0.1) is 5.41 Å². The van der Waals surface area contributed by atoms with Crippen molar-refractivity contribution in [3.05, 3.63) is 0 Å². The molecule has 1 saturated heterocycles. The zero-order valence-corrected chi connectivity index (χ0v) is 10.0. The zero-order chi connectivity index (χ0) is 13.3. The van der Waals surface area contributed by atoms with E-state index in [2.05, 4.69) is 4.84 Å². The maximum atomic E-state index is 12.0. The van der Waals surface area contributed by atoms with E-state index < -0.39 is 12.1 Å². The summed E-state index contributed by atoms with van der Waals surface area (Å²) in [5, 5.41) is 1.05. The average Bonchev–Trinajstić information content (AvgIpc) is 2.14. The number of hydrogen-bond acceptors (Lipinski definition) is 4. The predicted octanol–water partition coefficient (Wildman–Crippen LogP) is 1.75. The molecule has 1 aliphatic rings. The molecule has 0 N–H and O–H groups in total. The molecule has 1 heterocycles. The number of rotatable bonds is 2. The van der Waals surface area contributed by atoms with Gasteiger partial charge in [-0.25, -0.2) is 4.79 Å². The van der Waals surface area contributed by atoms with E-state index in [1.54, 1.807) is 7.11 Å². The van der Waals surface area contributed by atoms with Gasteiger partial charge in [0, 0.05) is 25.6 Å². The standard InChI is InChI=1S/C10H16F3NO3/c1-9(2)6-14(5-4-7(9)16-3)17-8(15)10(11,12)13/h7H,4-6H2,1-3H3/t7-/m0/s1. The number of ether oxygens (including phenoxy) is 1. The Balaban J connectivity index is 2.57. The Morgan fingerprint density at radius 1 is 1.41 bits per heavy atom. The third-order valence-electron chi connectivity index (χ3n) is 2.82. The Morgan fingerprint density at radius 3 is 2.41 bits per heavy atom. The topological polar surface area (TPSA) is 38.8 Å². The number of methoxy groups -OCH3 is 1. The number of carbonyl (C=O) groups excluding carboxylic acids is 1. The van der Waals surface area contributed by atoms with Crippen LogP contribution in [0.1, 0.15) is 20.3 Å². The van der Waals surface area contributed by atoms with Crippen LogP contribution in [0.25, 0.3) is 0 Å². The molecule has 0 aromatic carbocycles. The molecule has 0 bridgehead atoms. The fourth-order valence-corrected chi connectivity index (χ4v) is 1.97. The molecule has 0 saturated carbocycles. The second-order valence-electron chi connectivity index (χ2n) is 4.74. The predicted molar refractivity (Wildman–Crippen MR) is 52.9 cm³/mol. The minimum atomic E-state index is -4.96. The van der Waals surface area contributed by atoms with E-state index in [1.165, 1.54) is 0 Å². The summed E-state index contributed by atoms with van der Waals surface area (Å²) in [5.74, 6) is -2.18. The van der Waals surface area contributed by atoms with Crippen molar-refractivity contribution in [2.75, 3.05) is 20.2 Å². The van der Waals surface area contributed by atoms with E-state index >= 15 is 0 Å². The highest BCUT2D eigenvalue weighted by molar-refractivity contribution is 5.75. The van der Waals surface area contributed by atoms with E-state index in [1.807, 2.05) is 13.8 Å². The molecule has 0 unspecified atom stereocenters. The third-order valence-corrected chi connectivity index (χ3v) is 2.82. The van der Waals surface area contributed by atoms with Gasteiger partial charge in [0.1, 0.15) is 0 Å². The van der Waals surface area contributed by atoms with Crippen molar-refractivity contribution >= 4 is 5.97 Å². The number of nitrogens with zero attached hydrogens (tertiary/aromatic N) is 1. The Hall–Kier alpha value is -0.820. The molecule has 7 heteroatoms. The number of piperidine rings is 1. The summed E-state index contributed by atoms with van der Waals surface area (Å²) < 4.78 is 41.3. The van der Waals surface area contributed by atoms with Crippen molar-refractivity contribution < 1.29 is 27.5 Å². The van der Waals surface area contributed by atoms with Crippen LogP contribution in [0.4, 0.5) is 13.2 Å².